The van der Waals surface area contributed by atoms with Crippen LogP contribution >= 0.6 is 28.1 Å². The van der Waals surface area contributed by atoms with Gasteiger partial charge in [0.15, 0.2) is 0 Å². The molecule has 31 heavy (non-hydrogen) atoms. The highest BCUT2D eigenvalue weighted by molar-refractivity contribution is 9.10. The lowest BCUT2D eigenvalue weighted by atomic mass is 9.77. The number of nitrogens with one attached hydrogen (secondary N) is 2. The van der Waals surface area contributed by atoms with Gasteiger partial charge in [0.2, 0.25) is 5.11 Å². The number of H-pyrrole nitrogens is 1. The molecule has 7 heteroatoms. The van der Waals surface area contributed by atoms with E-state index in [4.69, 9.17) is 17.2 Å². The number of anilines is 2. The Bertz CT molecular complexity index is 1210. The smallest absolute Gasteiger partial charge is 0.202 e. The Kier molecular flexibility index (Phi) is 5.40. The van der Waals surface area contributed by atoms with Crippen molar-refractivity contribution in [1.82, 2.24) is 9.97 Å². The second-order valence-electron chi connectivity index (χ2n) is 8.38. The van der Waals surface area contributed by atoms with Gasteiger partial charge in [0.25, 0.3) is 0 Å². The lowest BCUT2D eigenvalue weighted by Gasteiger charge is -2.38. The molecule has 2 aromatic carbocycles. The van der Waals surface area contributed by atoms with Gasteiger partial charge in [-0.2, -0.15) is 0 Å². The summed E-state index contributed by atoms with van der Waals surface area (Å²) >= 11 is 9.46. The second kappa shape index (κ2) is 8.20. The number of hydrogen-bond donors (Lipinski definition) is 2. The number of hydrogen-bond acceptors (Lipinski definition) is 3. The van der Waals surface area contributed by atoms with Crippen molar-refractivity contribution in [3.8, 4) is 0 Å². The number of rotatable bonds is 3. The molecule has 5 rings (SSSR count). The van der Waals surface area contributed by atoms with Crippen LogP contribution in [0.2, 0.25) is 0 Å². The van der Waals surface area contributed by atoms with Crippen molar-refractivity contribution >= 4 is 61.5 Å². The maximum atomic E-state index is 5.80. The molecule has 0 radical (unpaired) electrons. The van der Waals surface area contributed by atoms with Crippen LogP contribution in [0.4, 0.5) is 11.4 Å². The lowest BCUT2D eigenvalue weighted by Crippen LogP contribution is -2.47. The maximum absolute atomic E-state index is 5.80. The van der Waals surface area contributed by atoms with Crippen molar-refractivity contribution in [2.45, 2.75) is 32.7 Å². The van der Waals surface area contributed by atoms with Crippen LogP contribution in [0, 0.1) is 11.8 Å². The molecule has 0 saturated carbocycles. The fourth-order valence-corrected chi connectivity index (χ4v) is 5.47. The first-order chi connectivity index (χ1) is 15.0. The van der Waals surface area contributed by atoms with Gasteiger partial charge in [-0.3, -0.25) is 0 Å². The maximum Gasteiger partial charge on any atom is 0.202 e. The van der Waals surface area contributed by atoms with E-state index in [1.807, 2.05) is 24.3 Å². The number of aromatic nitrogens is 2. The van der Waals surface area contributed by atoms with Crippen LogP contribution in [0.25, 0.3) is 11.0 Å². The summed E-state index contributed by atoms with van der Waals surface area (Å²) in [6, 6.07) is 14.4. The van der Waals surface area contributed by atoms with Gasteiger partial charge in [0.1, 0.15) is 5.84 Å². The standard InChI is InChI=1S/C24H24BrN5S/c1-14-7-9-17(15(2)11-14)22-23(28-19-6-4-3-5-18(19)25)29-24(31)30(22)16-8-10-20-21(12-16)27-13-26-20/h3-6,8,10-13,15,17,22H,7,9H2,1-2H3,(H,26,27)(H,28,29,31). The highest BCUT2D eigenvalue weighted by atomic mass is 79.9. The van der Waals surface area contributed by atoms with Crippen LogP contribution in [0.5, 0.6) is 0 Å². The van der Waals surface area contributed by atoms with Crippen molar-refractivity contribution in [2.75, 3.05) is 10.2 Å². The number of imidazole rings is 1. The summed E-state index contributed by atoms with van der Waals surface area (Å²) in [5.74, 6) is 1.74. The molecule has 2 heterocycles. The quantitative estimate of drug-likeness (QED) is 0.331. The first-order valence-corrected chi connectivity index (χ1v) is 11.7. The molecule has 2 N–H and O–H groups in total. The first kappa shape index (κ1) is 20.4. The summed E-state index contributed by atoms with van der Waals surface area (Å²) < 4.78 is 1.01. The van der Waals surface area contributed by atoms with Crippen molar-refractivity contribution < 1.29 is 0 Å². The normalized spacial score (nSPS) is 23.8. The van der Waals surface area contributed by atoms with Gasteiger partial charge >= 0.3 is 0 Å². The topological polar surface area (TPSA) is 56.3 Å². The SMILES string of the molecule is CC1=CC(C)C(C2C(Nc3ccccc3Br)=NC(=S)N2c2ccc3nc[nH]c3c2)CC1. The van der Waals surface area contributed by atoms with E-state index in [0.717, 1.165) is 45.6 Å². The largest absolute Gasteiger partial charge is 0.345 e. The predicted octanol–water partition coefficient (Wildman–Crippen LogP) is 6.30. The van der Waals surface area contributed by atoms with Gasteiger partial charge < -0.3 is 15.2 Å². The number of benzene rings is 2. The number of fused-ring (bicyclic) bond motifs is 1. The van der Waals surface area contributed by atoms with Crippen LogP contribution in [0.3, 0.4) is 0 Å². The zero-order valence-electron chi connectivity index (χ0n) is 17.5. The number of allylic oxidation sites excluding steroid dienone is 2. The number of halogens is 1. The summed E-state index contributed by atoms with van der Waals surface area (Å²) in [4.78, 5) is 14.6. The highest BCUT2D eigenvalue weighted by Gasteiger charge is 2.42. The Hall–Kier alpha value is -2.51. The molecule has 2 aliphatic rings. The van der Waals surface area contributed by atoms with Crippen molar-refractivity contribution in [3.05, 3.63) is 64.9 Å². The van der Waals surface area contributed by atoms with E-state index < -0.39 is 0 Å². The Balaban J connectivity index is 1.56. The molecule has 0 bridgehead atoms. The third-order valence-electron chi connectivity index (χ3n) is 6.30. The first-order valence-electron chi connectivity index (χ1n) is 10.5. The summed E-state index contributed by atoms with van der Waals surface area (Å²) in [6.07, 6.45) is 6.34. The van der Waals surface area contributed by atoms with Crippen LogP contribution in [0.15, 0.2) is 69.9 Å². The number of para-hydroxylation sites is 1. The summed E-state index contributed by atoms with van der Waals surface area (Å²) in [5.41, 5.74) is 5.45. The van der Waals surface area contributed by atoms with Crippen molar-refractivity contribution in [2.24, 2.45) is 16.8 Å². The zero-order valence-corrected chi connectivity index (χ0v) is 19.9. The molecule has 1 aliphatic heterocycles. The number of aliphatic imine (C=N–C) groups is 1. The number of amidine groups is 1. The van der Waals surface area contributed by atoms with Gasteiger partial charge in [0.05, 0.1) is 29.1 Å². The van der Waals surface area contributed by atoms with Crippen LogP contribution in [0.1, 0.15) is 26.7 Å². The summed E-state index contributed by atoms with van der Waals surface area (Å²) in [5, 5.41) is 4.18. The van der Waals surface area contributed by atoms with Crippen LogP contribution < -0.4 is 10.2 Å². The van der Waals surface area contributed by atoms with Crippen molar-refractivity contribution in [1.29, 1.82) is 0 Å². The van der Waals surface area contributed by atoms with E-state index in [1.54, 1.807) is 6.33 Å². The minimum atomic E-state index is 0.0410. The van der Waals surface area contributed by atoms with Gasteiger partial charge in [-0.15, -0.1) is 0 Å². The van der Waals surface area contributed by atoms with E-state index >= 15 is 0 Å². The third kappa shape index (κ3) is 3.81. The Labute approximate surface area is 195 Å². The monoisotopic (exact) mass is 493 g/mol. The molecule has 0 amide bonds. The minimum Gasteiger partial charge on any atom is -0.345 e. The van der Waals surface area contributed by atoms with Gasteiger partial charge in [0, 0.05) is 10.2 Å². The molecule has 158 valence electrons. The number of thiocarbonyl (C=S) groups is 1. The predicted molar refractivity (Wildman–Crippen MR) is 136 cm³/mol. The molecule has 0 spiro atoms. The molecule has 5 nitrogen and oxygen atoms in total. The molecule has 3 atom stereocenters. The third-order valence-corrected chi connectivity index (χ3v) is 7.28. The Morgan fingerprint density at radius 3 is 2.87 bits per heavy atom. The summed E-state index contributed by atoms with van der Waals surface area (Å²) in [7, 11) is 0. The fraction of sp³-hybridized carbons (Fsp3) is 0.292. The number of nitrogens with zero attached hydrogens (tertiary/aromatic N) is 3. The van der Waals surface area contributed by atoms with E-state index in [9.17, 15) is 0 Å². The molecule has 1 aliphatic carbocycles. The lowest BCUT2D eigenvalue weighted by molar-refractivity contribution is 0.353. The average Bonchev–Trinajstić information content (AvgIpc) is 3.33. The van der Waals surface area contributed by atoms with Crippen molar-refractivity contribution in [3.63, 3.8) is 0 Å². The second-order valence-corrected chi connectivity index (χ2v) is 9.60. The van der Waals surface area contributed by atoms with Crippen LogP contribution in [-0.2, 0) is 0 Å². The molecule has 0 saturated heterocycles. The molecule has 1 aromatic heterocycles. The Morgan fingerprint density at radius 2 is 2.06 bits per heavy atom. The van der Waals surface area contributed by atoms with E-state index in [0.29, 0.717) is 16.9 Å². The van der Waals surface area contributed by atoms with Crippen LogP contribution in [-0.4, -0.2) is 27.0 Å². The molecular weight excluding hydrogens is 470 g/mol. The van der Waals surface area contributed by atoms with E-state index in [2.05, 4.69) is 74.2 Å². The minimum absolute atomic E-state index is 0.0410. The highest BCUT2D eigenvalue weighted by Crippen LogP contribution is 2.39. The molecular formula is C24H24BrN5S. The van der Waals surface area contributed by atoms with Gasteiger partial charge in [-0.25, -0.2) is 9.98 Å². The zero-order chi connectivity index (χ0) is 21.5. The molecule has 3 aromatic rings. The van der Waals surface area contributed by atoms with Gasteiger partial charge in [-0.05, 0) is 90.1 Å². The molecule has 3 unspecified atom stereocenters. The van der Waals surface area contributed by atoms with E-state index in [-0.39, 0.29) is 6.04 Å². The fourth-order valence-electron chi connectivity index (χ4n) is 4.76. The average molecular weight is 494 g/mol. The van der Waals surface area contributed by atoms with E-state index in [1.165, 1.54) is 5.57 Å². The Morgan fingerprint density at radius 1 is 1.23 bits per heavy atom. The molecule has 0 fully saturated rings. The van der Waals surface area contributed by atoms with Gasteiger partial charge in [-0.1, -0.05) is 30.7 Å². The summed E-state index contributed by atoms with van der Waals surface area (Å²) in [6.45, 7) is 4.53. The number of aromatic amines is 1.